The van der Waals surface area contributed by atoms with Crippen LogP contribution in [0.4, 0.5) is 0 Å². The molecule has 2 aromatic rings. The normalized spacial score (nSPS) is 10.6. The SMILES string of the molecule is Nn1cnnc1SCCn1cc(C(=O)O)nn1. The first-order valence-corrected chi connectivity index (χ1v) is 5.56. The van der Waals surface area contributed by atoms with Crippen LogP contribution in [-0.2, 0) is 6.54 Å². The largest absolute Gasteiger partial charge is 0.476 e. The van der Waals surface area contributed by atoms with Crippen molar-refractivity contribution in [3.05, 3.63) is 18.2 Å². The number of nitrogens with zero attached hydrogens (tertiary/aromatic N) is 6. The van der Waals surface area contributed by atoms with E-state index in [1.54, 1.807) is 0 Å². The third-order valence-electron chi connectivity index (χ3n) is 1.85. The minimum absolute atomic E-state index is 0.0722. The lowest BCUT2D eigenvalue weighted by Crippen LogP contribution is -2.09. The molecule has 0 amide bonds. The molecule has 10 heteroatoms. The van der Waals surface area contributed by atoms with Crippen LogP contribution >= 0.6 is 11.8 Å². The number of rotatable bonds is 5. The third-order valence-corrected chi connectivity index (χ3v) is 2.79. The standard InChI is InChI=1S/C7H9N7O2S/c8-14-4-9-11-7(14)17-2-1-13-3-5(6(15)16)10-12-13/h3-4H,1-2,8H2,(H,15,16). The van der Waals surface area contributed by atoms with Gasteiger partial charge in [-0.15, -0.1) is 15.3 Å². The summed E-state index contributed by atoms with van der Waals surface area (Å²) < 4.78 is 2.77. The first kappa shape index (κ1) is 11.4. The maximum Gasteiger partial charge on any atom is 0.358 e. The van der Waals surface area contributed by atoms with Gasteiger partial charge in [0, 0.05) is 5.75 Å². The molecule has 2 aromatic heterocycles. The van der Waals surface area contributed by atoms with E-state index < -0.39 is 5.97 Å². The van der Waals surface area contributed by atoms with E-state index in [4.69, 9.17) is 10.9 Å². The Kier molecular flexibility index (Phi) is 3.23. The van der Waals surface area contributed by atoms with Crippen molar-refractivity contribution in [2.24, 2.45) is 0 Å². The summed E-state index contributed by atoms with van der Waals surface area (Å²) in [7, 11) is 0. The Bertz CT molecular complexity index is 522. The maximum absolute atomic E-state index is 10.6. The summed E-state index contributed by atoms with van der Waals surface area (Å²) >= 11 is 1.39. The lowest BCUT2D eigenvalue weighted by atomic mass is 10.5. The lowest BCUT2D eigenvalue weighted by Gasteiger charge is -1.99. The maximum atomic E-state index is 10.6. The average molecular weight is 255 g/mol. The van der Waals surface area contributed by atoms with E-state index in [9.17, 15) is 4.79 Å². The van der Waals surface area contributed by atoms with Crippen LogP contribution in [0.2, 0.25) is 0 Å². The fourth-order valence-corrected chi connectivity index (χ4v) is 1.83. The second-order valence-corrected chi connectivity index (χ2v) is 4.10. The number of aryl methyl sites for hydroxylation is 1. The van der Waals surface area contributed by atoms with Crippen molar-refractivity contribution >= 4 is 17.7 Å². The highest BCUT2D eigenvalue weighted by Gasteiger charge is 2.08. The molecule has 2 rings (SSSR count). The number of carbonyl (C=O) groups is 1. The molecule has 0 aromatic carbocycles. The van der Waals surface area contributed by atoms with Crippen LogP contribution in [0.15, 0.2) is 17.7 Å². The molecule has 0 aliphatic carbocycles. The summed E-state index contributed by atoms with van der Waals surface area (Å²) in [5.74, 6) is 5.07. The molecule has 0 aliphatic rings. The molecule has 0 spiro atoms. The Morgan fingerprint density at radius 2 is 2.35 bits per heavy atom. The van der Waals surface area contributed by atoms with Gasteiger partial charge in [0.15, 0.2) is 5.69 Å². The van der Waals surface area contributed by atoms with Crippen LogP contribution in [-0.4, -0.2) is 46.7 Å². The van der Waals surface area contributed by atoms with E-state index in [0.29, 0.717) is 17.5 Å². The van der Waals surface area contributed by atoms with Crippen molar-refractivity contribution in [2.75, 3.05) is 11.6 Å². The highest BCUT2D eigenvalue weighted by Crippen LogP contribution is 2.12. The molecule has 0 saturated carbocycles. The van der Waals surface area contributed by atoms with E-state index >= 15 is 0 Å². The minimum Gasteiger partial charge on any atom is -0.476 e. The predicted octanol–water partition coefficient (Wildman–Crippen LogP) is -0.926. The Hall–Kier alpha value is -2.10. The number of carboxylic acids is 1. The van der Waals surface area contributed by atoms with E-state index in [-0.39, 0.29) is 5.69 Å². The molecule has 0 bridgehead atoms. The summed E-state index contributed by atoms with van der Waals surface area (Å²) in [5.41, 5.74) is -0.0722. The molecular formula is C7H9N7O2S. The number of hydrogen-bond donors (Lipinski definition) is 2. The number of carboxylic acid groups (broad SMARTS) is 1. The van der Waals surface area contributed by atoms with Crippen molar-refractivity contribution in [3.63, 3.8) is 0 Å². The number of hydrogen-bond acceptors (Lipinski definition) is 7. The van der Waals surface area contributed by atoms with E-state index in [1.165, 1.54) is 33.6 Å². The second-order valence-electron chi connectivity index (χ2n) is 3.04. The first-order chi connectivity index (χ1) is 8.16. The molecule has 0 aliphatic heterocycles. The number of nitrogens with two attached hydrogens (primary N) is 1. The van der Waals surface area contributed by atoms with Gasteiger partial charge in [-0.25, -0.2) is 9.47 Å². The van der Waals surface area contributed by atoms with Crippen molar-refractivity contribution in [2.45, 2.75) is 11.7 Å². The van der Waals surface area contributed by atoms with Gasteiger partial charge >= 0.3 is 5.97 Å². The van der Waals surface area contributed by atoms with Crippen LogP contribution in [0.5, 0.6) is 0 Å². The van der Waals surface area contributed by atoms with Crippen LogP contribution < -0.4 is 5.84 Å². The van der Waals surface area contributed by atoms with Gasteiger partial charge in [0.1, 0.15) is 6.33 Å². The average Bonchev–Trinajstić information content (AvgIpc) is 2.89. The van der Waals surface area contributed by atoms with Gasteiger partial charge in [-0.3, -0.25) is 4.68 Å². The van der Waals surface area contributed by atoms with Gasteiger partial charge in [-0.2, -0.15) is 0 Å². The highest BCUT2D eigenvalue weighted by molar-refractivity contribution is 7.99. The summed E-state index contributed by atoms with van der Waals surface area (Å²) in [6.07, 6.45) is 2.77. The summed E-state index contributed by atoms with van der Waals surface area (Å²) in [6.45, 7) is 0.512. The van der Waals surface area contributed by atoms with Crippen LogP contribution in [0.3, 0.4) is 0 Å². The molecule has 0 atom stereocenters. The summed E-state index contributed by atoms with van der Waals surface area (Å²) in [6, 6.07) is 0. The fraction of sp³-hybridized carbons (Fsp3) is 0.286. The molecule has 9 nitrogen and oxygen atoms in total. The van der Waals surface area contributed by atoms with E-state index in [1.807, 2.05) is 0 Å². The van der Waals surface area contributed by atoms with Gasteiger partial charge in [-0.1, -0.05) is 17.0 Å². The van der Waals surface area contributed by atoms with Gasteiger partial charge < -0.3 is 10.9 Å². The minimum atomic E-state index is -1.09. The smallest absolute Gasteiger partial charge is 0.358 e. The number of aromatic nitrogens is 6. The predicted molar refractivity (Wildman–Crippen MR) is 57.9 cm³/mol. The quantitative estimate of drug-likeness (QED) is 0.518. The third kappa shape index (κ3) is 2.72. The number of thioether (sulfide) groups is 1. The van der Waals surface area contributed by atoms with Crippen LogP contribution in [0.1, 0.15) is 10.5 Å². The van der Waals surface area contributed by atoms with Gasteiger partial charge in [0.25, 0.3) is 0 Å². The van der Waals surface area contributed by atoms with Crippen LogP contribution in [0, 0.1) is 0 Å². The molecule has 0 radical (unpaired) electrons. The Balaban J connectivity index is 1.86. The van der Waals surface area contributed by atoms with E-state index in [2.05, 4.69) is 20.5 Å². The van der Waals surface area contributed by atoms with Crippen molar-refractivity contribution in [1.82, 2.24) is 29.9 Å². The Labute approximate surface area is 99.6 Å². The Morgan fingerprint density at radius 3 is 2.94 bits per heavy atom. The molecule has 3 N–H and O–H groups in total. The molecular weight excluding hydrogens is 246 g/mol. The van der Waals surface area contributed by atoms with Crippen molar-refractivity contribution in [1.29, 1.82) is 0 Å². The molecule has 90 valence electrons. The zero-order chi connectivity index (χ0) is 12.3. The zero-order valence-electron chi connectivity index (χ0n) is 8.59. The zero-order valence-corrected chi connectivity index (χ0v) is 9.41. The molecule has 17 heavy (non-hydrogen) atoms. The molecule has 0 fully saturated rings. The van der Waals surface area contributed by atoms with Gasteiger partial charge in [-0.05, 0) is 0 Å². The molecule has 2 heterocycles. The monoisotopic (exact) mass is 255 g/mol. The first-order valence-electron chi connectivity index (χ1n) is 4.58. The molecule has 0 unspecified atom stereocenters. The number of nitrogen functional groups attached to an aromatic ring is 1. The van der Waals surface area contributed by atoms with E-state index in [0.717, 1.165) is 0 Å². The highest BCUT2D eigenvalue weighted by atomic mass is 32.2. The van der Waals surface area contributed by atoms with Gasteiger partial charge in [0.05, 0.1) is 12.7 Å². The second kappa shape index (κ2) is 4.82. The van der Waals surface area contributed by atoms with Gasteiger partial charge in [0.2, 0.25) is 5.16 Å². The summed E-state index contributed by atoms with van der Waals surface area (Å²) in [5, 5.41) is 23.8. The lowest BCUT2D eigenvalue weighted by molar-refractivity contribution is 0.0690. The van der Waals surface area contributed by atoms with Crippen molar-refractivity contribution < 1.29 is 9.90 Å². The fourth-order valence-electron chi connectivity index (χ4n) is 1.07. The van der Waals surface area contributed by atoms with Crippen molar-refractivity contribution in [3.8, 4) is 0 Å². The van der Waals surface area contributed by atoms with Crippen LogP contribution in [0.25, 0.3) is 0 Å². The molecule has 0 saturated heterocycles. The Morgan fingerprint density at radius 1 is 1.53 bits per heavy atom. The summed E-state index contributed by atoms with van der Waals surface area (Å²) in [4.78, 5) is 10.6. The topological polar surface area (TPSA) is 125 Å². The number of aromatic carboxylic acids is 1.